The molecule has 6 nitrogen and oxygen atoms in total. The molecule has 0 aliphatic rings. The summed E-state index contributed by atoms with van der Waals surface area (Å²) in [6.07, 6.45) is 0. The summed E-state index contributed by atoms with van der Waals surface area (Å²) in [6.45, 7) is 0. The number of para-hydroxylation sites is 2. The van der Waals surface area contributed by atoms with E-state index in [2.05, 4.69) is 20.7 Å². The fourth-order valence-corrected chi connectivity index (χ4v) is 7.68. The van der Waals surface area contributed by atoms with Gasteiger partial charge in [0.15, 0.2) is 0 Å². The Morgan fingerprint density at radius 3 is 1.10 bits per heavy atom. The third kappa shape index (κ3) is 6.29. The third-order valence-corrected chi connectivity index (χ3v) is 10.3. The number of rotatable bonds is 8. The van der Waals surface area contributed by atoms with E-state index in [1.807, 2.05) is 127 Å². The Labute approximate surface area is 194 Å². The van der Waals surface area contributed by atoms with Gasteiger partial charge < -0.3 is 0 Å². The van der Waals surface area contributed by atoms with Crippen molar-refractivity contribution in [3.8, 4) is 0 Å². The number of benzene rings is 4. The molecule has 0 saturated carbocycles. The van der Waals surface area contributed by atoms with Crippen LogP contribution in [0.15, 0.2) is 142 Å². The van der Waals surface area contributed by atoms with Crippen LogP contribution >= 0.6 is 0 Å². The molecule has 0 aromatic heterocycles. The van der Waals surface area contributed by atoms with E-state index in [1.165, 1.54) is 0 Å². The average molecular weight is 593 g/mol. The number of hydrogen-bond acceptors (Lipinski definition) is 4. The van der Waals surface area contributed by atoms with Gasteiger partial charge in [-0.15, -0.1) is 0 Å². The minimum atomic E-state index is -2.19. The van der Waals surface area contributed by atoms with Gasteiger partial charge in [-0.25, -0.2) is 0 Å². The molecule has 148 valence electrons. The van der Waals surface area contributed by atoms with Crippen LogP contribution in [0.4, 0.5) is 22.7 Å². The third-order valence-electron chi connectivity index (χ3n) is 4.43. The molecule has 0 fully saturated rings. The zero-order valence-corrected chi connectivity index (χ0v) is 22.4. The van der Waals surface area contributed by atoms with Gasteiger partial charge in [-0.2, -0.15) is 0 Å². The number of nitrogens with zero attached hydrogens (tertiary/aromatic N) is 6. The van der Waals surface area contributed by atoms with Gasteiger partial charge in [-0.3, -0.25) is 0 Å². The first-order valence-electron chi connectivity index (χ1n) is 9.97. The molecule has 0 aliphatic carbocycles. The predicted octanol–water partition coefficient (Wildman–Crippen LogP) is 7.31. The second-order valence-corrected chi connectivity index (χ2v) is 12.4. The van der Waals surface area contributed by atoms with Crippen LogP contribution < -0.4 is 5.55 Å². The van der Waals surface area contributed by atoms with E-state index < -0.39 is 25.2 Å². The van der Waals surface area contributed by atoms with Crippen molar-refractivity contribution >= 4 is 22.7 Å². The Hall–Kier alpha value is -3.38. The summed E-state index contributed by atoms with van der Waals surface area (Å²) in [5.41, 5.74) is 3.63. The maximum absolute atomic E-state index is 4.60. The molecule has 0 radical (unpaired) electrons. The summed E-state index contributed by atoms with van der Waals surface area (Å²) < 4.78 is 4.04. The van der Waals surface area contributed by atoms with Gasteiger partial charge >= 0.3 is 195 Å². The van der Waals surface area contributed by atoms with Crippen LogP contribution in [0.25, 0.3) is 0 Å². The molecule has 0 N–H and O–H groups in total. The SMILES string of the molecule is c1ccc(N=N[N]([Hg][N](N=Nc2ccccc2)c2ccccc2)c2ccccc2)cc1. The van der Waals surface area contributed by atoms with Crippen molar-refractivity contribution in [1.82, 2.24) is 0 Å². The van der Waals surface area contributed by atoms with Gasteiger partial charge in [0.05, 0.1) is 0 Å². The minimum absolute atomic E-state index is 0.814. The summed E-state index contributed by atoms with van der Waals surface area (Å²) in [5, 5.41) is 18.1. The Morgan fingerprint density at radius 2 is 0.742 bits per heavy atom. The summed E-state index contributed by atoms with van der Waals surface area (Å²) >= 11 is -2.19. The fourth-order valence-electron chi connectivity index (χ4n) is 2.85. The molecule has 0 bridgehead atoms. The molecule has 0 aliphatic heterocycles. The summed E-state index contributed by atoms with van der Waals surface area (Å²) in [5.74, 6) is 0. The molecular weight excluding hydrogens is 573 g/mol. The summed E-state index contributed by atoms with van der Waals surface area (Å²) in [6, 6.07) is 39.7. The van der Waals surface area contributed by atoms with Crippen molar-refractivity contribution in [3.63, 3.8) is 0 Å². The molecule has 4 aromatic carbocycles. The van der Waals surface area contributed by atoms with Crippen molar-refractivity contribution in [3.05, 3.63) is 121 Å². The van der Waals surface area contributed by atoms with Crippen molar-refractivity contribution in [2.75, 3.05) is 5.55 Å². The fraction of sp³-hybridized carbons (Fsp3) is 0. The van der Waals surface area contributed by atoms with Gasteiger partial charge in [-0.1, -0.05) is 0 Å². The predicted molar refractivity (Wildman–Crippen MR) is 120 cm³/mol. The number of anilines is 2. The summed E-state index contributed by atoms with van der Waals surface area (Å²) in [4.78, 5) is 0. The van der Waals surface area contributed by atoms with Gasteiger partial charge in [0.25, 0.3) is 0 Å². The van der Waals surface area contributed by atoms with Crippen LogP contribution in [0, 0.1) is 0 Å². The van der Waals surface area contributed by atoms with Crippen LogP contribution in [0.5, 0.6) is 0 Å². The van der Waals surface area contributed by atoms with E-state index >= 15 is 0 Å². The molecule has 0 heterocycles. The standard InChI is InChI=1S/2C12H10N3.Hg/c2*1-3-7-11(8-4-1)13-15-14-12-9-5-2-6-10-12;/h2*1-10H;/q2*-1;+2. The van der Waals surface area contributed by atoms with Crippen molar-refractivity contribution in [2.45, 2.75) is 0 Å². The second-order valence-electron chi connectivity index (χ2n) is 6.66. The van der Waals surface area contributed by atoms with Crippen LogP contribution in [0.3, 0.4) is 0 Å². The van der Waals surface area contributed by atoms with Crippen LogP contribution in [-0.2, 0) is 25.2 Å². The van der Waals surface area contributed by atoms with E-state index in [9.17, 15) is 0 Å². The first kappa shape index (κ1) is 20.9. The van der Waals surface area contributed by atoms with Crippen molar-refractivity contribution in [2.24, 2.45) is 20.7 Å². The second kappa shape index (κ2) is 11.1. The Balaban J connectivity index is 1.64. The van der Waals surface area contributed by atoms with Crippen molar-refractivity contribution in [1.29, 1.82) is 0 Å². The van der Waals surface area contributed by atoms with Crippen LogP contribution in [-0.4, -0.2) is 0 Å². The molecule has 4 aromatic rings. The molecule has 31 heavy (non-hydrogen) atoms. The van der Waals surface area contributed by atoms with Crippen molar-refractivity contribution < 1.29 is 25.2 Å². The van der Waals surface area contributed by atoms with Gasteiger partial charge in [0, 0.05) is 0 Å². The van der Waals surface area contributed by atoms with E-state index in [-0.39, 0.29) is 0 Å². The monoisotopic (exact) mass is 594 g/mol. The van der Waals surface area contributed by atoms with Gasteiger partial charge in [-0.05, 0) is 0 Å². The van der Waals surface area contributed by atoms with Gasteiger partial charge in [0.1, 0.15) is 0 Å². The molecule has 0 amide bonds. The van der Waals surface area contributed by atoms with E-state index in [1.54, 1.807) is 0 Å². The van der Waals surface area contributed by atoms with Gasteiger partial charge in [0.2, 0.25) is 0 Å². The Morgan fingerprint density at radius 1 is 0.419 bits per heavy atom. The summed E-state index contributed by atoms with van der Waals surface area (Å²) in [7, 11) is 0. The zero-order chi connectivity index (χ0) is 21.1. The topological polar surface area (TPSA) is 55.9 Å². The van der Waals surface area contributed by atoms with Crippen LogP contribution in [0.2, 0.25) is 0 Å². The molecule has 0 unspecified atom stereocenters. The Bertz CT molecular complexity index is 1010. The Kier molecular flexibility index (Phi) is 7.49. The molecule has 7 heteroatoms. The molecular formula is C24H20HgN6. The maximum atomic E-state index is 4.60. The molecule has 0 spiro atoms. The zero-order valence-electron chi connectivity index (χ0n) is 16.9. The van der Waals surface area contributed by atoms with E-state index in [0.29, 0.717) is 0 Å². The van der Waals surface area contributed by atoms with Crippen LogP contribution in [0.1, 0.15) is 0 Å². The molecule has 0 saturated heterocycles. The first-order chi connectivity index (χ1) is 15.4. The van der Waals surface area contributed by atoms with E-state index in [4.69, 9.17) is 0 Å². The average Bonchev–Trinajstić information content (AvgIpc) is 2.86. The first-order valence-corrected chi connectivity index (χ1v) is 14.9. The van der Waals surface area contributed by atoms with E-state index in [0.717, 1.165) is 22.7 Å². The molecule has 4 rings (SSSR count). The number of hydrogen-bond donors (Lipinski definition) is 0. The molecule has 0 atom stereocenters. The normalized spacial score (nSPS) is 10.8. The quantitative estimate of drug-likeness (QED) is 0.122.